The van der Waals surface area contributed by atoms with E-state index in [1.165, 1.54) is 0 Å². The highest BCUT2D eigenvalue weighted by Crippen LogP contribution is 2.38. The molecular weight excluding hydrogens is 258 g/mol. The zero-order chi connectivity index (χ0) is 14.1. The molecule has 0 radical (unpaired) electrons. The van der Waals surface area contributed by atoms with E-state index in [0.29, 0.717) is 23.6 Å². The van der Waals surface area contributed by atoms with E-state index >= 15 is 0 Å². The number of pyridine rings is 1. The Balaban J connectivity index is 2.17. The zero-order valence-electron chi connectivity index (χ0n) is 11.1. The van der Waals surface area contributed by atoms with Gasteiger partial charge in [0.25, 0.3) is 0 Å². The molecule has 5 heteroatoms. The molecule has 2 heterocycles. The third-order valence-electron chi connectivity index (χ3n) is 3.49. The molecule has 0 aliphatic carbocycles. The lowest BCUT2D eigenvalue weighted by atomic mass is 9.95. The maximum absolute atomic E-state index is 11.5. The third kappa shape index (κ3) is 2.05. The van der Waals surface area contributed by atoms with Crippen molar-refractivity contribution in [3.8, 4) is 11.5 Å². The Morgan fingerprint density at radius 2 is 2.15 bits per heavy atom. The summed E-state index contributed by atoms with van der Waals surface area (Å²) >= 11 is 0. The van der Waals surface area contributed by atoms with Gasteiger partial charge in [0.2, 0.25) is 6.79 Å². The second-order valence-electron chi connectivity index (χ2n) is 4.80. The highest BCUT2D eigenvalue weighted by molar-refractivity contribution is 5.91. The highest BCUT2D eigenvalue weighted by atomic mass is 16.7. The molecule has 3 rings (SSSR count). The van der Waals surface area contributed by atoms with Gasteiger partial charge in [0.15, 0.2) is 11.5 Å². The normalized spacial score (nSPS) is 14.4. The van der Waals surface area contributed by atoms with Crippen molar-refractivity contribution in [3.05, 3.63) is 30.1 Å². The van der Waals surface area contributed by atoms with Crippen LogP contribution in [0, 0.1) is 0 Å². The number of aliphatic carboxylic acids is 1. The lowest BCUT2D eigenvalue weighted by Gasteiger charge is -2.13. The number of aromatic nitrogens is 1. The molecule has 5 nitrogen and oxygen atoms in total. The molecule has 0 amide bonds. The fourth-order valence-electron chi connectivity index (χ4n) is 2.53. The van der Waals surface area contributed by atoms with Gasteiger partial charge in [0, 0.05) is 11.6 Å². The van der Waals surface area contributed by atoms with Crippen molar-refractivity contribution in [1.29, 1.82) is 0 Å². The van der Waals surface area contributed by atoms with Crippen LogP contribution in [0.1, 0.15) is 31.4 Å². The van der Waals surface area contributed by atoms with Crippen molar-refractivity contribution in [1.82, 2.24) is 4.98 Å². The fourth-order valence-corrected chi connectivity index (χ4v) is 2.53. The molecule has 2 aromatic rings. The van der Waals surface area contributed by atoms with Crippen molar-refractivity contribution in [2.75, 3.05) is 6.79 Å². The Kier molecular flexibility index (Phi) is 3.18. The summed E-state index contributed by atoms with van der Waals surface area (Å²) in [5, 5.41) is 11.2. The minimum absolute atomic E-state index is 0.200. The average Bonchev–Trinajstić information content (AvgIpc) is 2.88. The molecule has 0 bridgehead atoms. The standard InChI is InChI=1S/C15H15NO4/c1-2-3-10(15(17)18)14-11-7-13-12(19-8-20-13)6-9(11)4-5-16-14/h4-7,10H,2-3,8H2,1H3,(H,17,18). The van der Waals surface area contributed by atoms with Gasteiger partial charge in [-0.1, -0.05) is 13.3 Å². The molecule has 1 aromatic heterocycles. The van der Waals surface area contributed by atoms with Gasteiger partial charge < -0.3 is 14.6 Å². The summed E-state index contributed by atoms with van der Waals surface area (Å²) in [4.78, 5) is 15.8. The Morgan fingerprint density at radius 1 is 1.40 bits per heavy atom. The van der Waals surface area contributed by atoms with Crippen molar-refractivity contribution < 1.29 is 19.4 Å². The van der Waals surface area contributed by atoms with E-state index in [9.17, 15) is 9.90 Å². The molecule has 1 aliphatic heterocycles. The predicted molar refractivity (Wildman–Crippen MR) is 73.2 cm³/mol. The first-order valence-corrected chi connectivity index (χ1v) is 6.61. The molecule has 1 atom stereocenters. The van der Waals surface area contributed by atoms with Crippen LogP contribution in [0.5, 0.6) is 11.5 Å². The summed E-state index contributed by atoms with van der Waals surface area (Å²) in [6.45, 7) is 2.17. The van der Waals surface area contributed by atoms with Crippen LogP contribution < -0.4 is 9.47 Å². The Morgan fingerprint density at radius 3 is 2.85 bits per heavy atom. The van der Waals surface area contributed by atoms with Gasteiger partial charge in [0.1, 0.15) is 0 Å². The second-order valence-corrected chi connectivity index (χ2v) is 4.80. The lowest BCUT2D eigenvalue weighted by molar-refractivity contribution is -0.139. The Hall–Kier alpha value is -2.30. The number of fused-ring (bicyclic) bond motifs is 2. The predicted octanol–water partition coefficient (Wildman–Crippen LogP) is 2.93. The van der Waals surface area contributed by atoms with Crippen molar-refractivity contribution in [2.45, 2.75) is 25.7 Å². The first-order chi connectivity index (χ1) is 9.70. The minimum atomic E-state index is -0.843. The minimum Gasteiger partial charge on any atom is -0.481 e. The van der Waals surface area contributed by atoms with Gasteiger partial charge in [-0.3, -0.25) is 9.78 Å². The summed E-state index contributed by atoms with van der Waals surface area (Å²) in [6, 6.07) is 5.55. The van der Waals surface area contributed by atoms with E-state index in [0.717, 1.165) is 17.2 Å². The van der Waals surface area contributed by atoms with E-state index in [1.54, 1.807) is 6.20 Å². The topological polar surface area (TPSA) is 68.7 Å². The molecule has 104 valence electrons. The number of benzene rings is 1. The third-order valence-corrected chi connectivity index (χ3v) is 3.49. The van der Waals surface area contributed by atoms with Gasteiger partial charge in [0.05, 0.1) is 11.6 Å². The van der Waals surface area contributed by atoms with Crippen LogP contribution in [0.2, 0.25) is 0 Å². The van der Waals surface area contributed by atoms with Crippen molar-refractivity contribution in [2.24, 2.45) is 0 Å². The molecular formula is C15H15NO4. The average molecular weight is 273 g/mol. The summed E-state index contributed by atoms with van der Waals surface area (Å²) in [5.41, 5.74) is 0.593. The molecule has 0 fully saturated rings. The smallest absolute Gasteiger partial charge is 0.312 e. The number of ether oxygens (including phenoxy) is 2. The number of rotatable bonds is 4. The molecule has 0 spiro atoms. The summed E-state index contributed by atoms with van der Waals surface area (Å²) in [7, 11) is 0. The van der Waals surface area contributed by atoms with Crippen LogP contribution >= 0.6 is 0 Å². The molecule has 0 saturated heterocycles. The van der Waals surface area contributed by atoms with E-state index in [4.69, 9.17) is 9.47 Å². The second kappa shape index (κ2) is 5.00. The number of carbonyl (C=O) groups is 1. The van der Waals surface area contributed by atoms with Gasteiger partial charge in [-0.2, -0.15) is 0 Å². The molecule has 1 N–H and O–H groups in total. The summed E-state index contributed by atoms with van der Waals surface area (Å²) in [6.07, 6.45) is 3.00. The van der Waals surface area contributed by atoms with Gasteiger partial charge in [-0.05, 0) is 30.0 Å². The fraction of sp³-hybridized carbons (Fsp3) is 0.333. The SMILES string of the molecule is CCCC(C(=O)O)c1nccc2cc3c(cc12)OCO3. The van der Waals surface area contributed by atoms with Crippen molar-refractivity contribution in [3.63, 3.8) is 0 Å². The number of hydrogen-bond acceptors (Lipinski definition) is 4. The maximum atomic E-state index is 11.5. The monoisotopic (exact) mass is 273 g/mol. The first-order valence-electron chi connectivity index (χ1n) is 6.61. The largest absolute Gasteiger partial charge is 0.481 e. The van der Waals surface area contributed by atoms with Crippen LogP contribution in [0.3, 0.4) is 0 Å². The maximum Gasteiger partial charge on any atom is 0.312 e. The Labute approximate surface area is 116 Å². The number of nitrogens with zero attached hydrogens (tertiary/aromatic N) is 1. The zero-order valence-corrected chi connectivity index (χ0v) is 11.1. The van der Waals surface area contributed by atoms with Crippen LogP contribution in [0.25, 0.3) is 10.8 Å². The molecule has 1 unspecified atom stereocenters. The van der Waals surface area contributed by atoms with Crippen LogP contribution in [-0.2, 0) is 4.79 Å². The number of carboxylic acid groups (broad SMARTS) is 1. The summed E-state index contributed by atoms with van der Waals surface area (Å²) in [5.74, 6) is -0.0991. The number of hydrogen-bond donors (Lipinski definition) is 1. The van der Waals surface area contributed by atoms with Gasteiger partial charge >= 0.3 is 5.97 Å². The molecule has 1 aliphatic rings. The van der Waals surface area contributed by atoms with E-state index in [1.807, 2.05) is 25.1 Å². The Bertz CT molecular complexity index is 668. The van der Waals surface area contributed by atoms with E-state index < -0.39 is 11.9 Å². The summed E-state index contributed by atoms with van der Waals surface area (Å²) < 4.78 is 10.7. The molecule has 0 saturated carbocycles. The van der Waals surface area contributed by atoms with E-state index in [-0.39, 0.29) is 6.79 Å². The van der Waals surface area contributed by atoms with Crippen LogP contribution in [0.15, 0.2) is 24.4 Å². The molecule has 1 aromatic carbocycles. The van der Waals surface area contributed by atoms with Crippen LogP contribution in [-0.4, -0.2) is 22.9 Å². The number of carboxylic acids is 1. The quantitative estimate of drug-likeness (QED) is 0.927. The van der Waals surface area contributed by atoms with E-state index in [2.05, 4.69) is 4.98 Å². The lowest BCUT2D eigenvalue weighted by Crippen LogP contribution is -2.13. The highest BCUT2D eigenvalue weighted by Gasteiger charge is 2.24. The molecule has 20 heavy (non-hydrogen) atoms. The van der Waals surface area contributed by atoms with Gasteiger partial charge in [-0.25, -0.2) is 0 Å². The first kappa shape index (κ1) is 12.7. The van der Waals surface area contributed by atoms with Crippen LogP contribution in [0.4, 0.5) is 0 Å². The van der Waals surface area contributed by atoms with Crippen molar-refractivity contribution >= 4 is 16.7 Å². The van der Waals surface area contributed by atoms with Gasteiger partial charge in [-0.15, -0.1) is 0 Å².